The minimum atomic E-state index is -0.358. The Morgan fingerprint density at radius 1 is 1.06 bits per heavy atom. The summed E-state index contributed by atoms with van der Waals surface area (Å²) in [5, 5.41) is 0. The zero-order chi connectivity index (χ0) is 12.3. The van der Waals surface area contributed by atoms with Crippen LogP contribution >= 0.6 is 0 Å². The van der Waals surface area contributed by atoms with E-state index in [1.54, 1.807) is 6.07 Å². The van der Waals surface area contributed by atoms with E-state index in [1.807, 2.05) is 30.3 Å². The quantitative estimate of drug-likeness (QED) is 0.733. The molecule has 0 aliphatic carbocycles. The first kappa shape index (κ1) is 11.5. The fourth-order valence-electron chi connectivity index (χ4n) is 1.79. The van der Waals surface area contributed by atoms with Crippen LogP contribution in [0.5, 0.6) is 0 Å². The van der Waals surface area contributed by atoms with Crippen molar-refractivity contribution < 1.29 is 9.18 Å². The molecule has 0 amide bonds. The Hall–Kier alpha value is -1.96. The van der Waals surface area contributed by atoms with Crippen LogP contribution in [0.15, 0.2) is 48.5 Å². The van der Waals surface area contributed by atoms with E-state index in [2.05, 4.69) is 0 Å². The van der Waals surface area contributed by atoms with Gasteiger partial charge >= 0.3 is 0 Å². The number of benzene rings is 2. The molecule has 0 saturated carbocycles. The third kappa shape index (κ3) is 3.00. The van der Waals surface area contributed by atoms with Gasteiger partial charge < -0.3 is 0 Å². The average Bonchev–Trinajstić information content (AvgIpc) is 2.29. The number of hydrogen-bond donors (Lipinski definition) is 0. The summed E-state index contributed by atoms with van der Waals surface area (Å²) in [6.07, 6.45) is 0.638. The Labute approximate surface area is 99.9 Å². The molecule has 0 bridgehead atoms. The third-order valence-corrected chi connectivity index (χ3v) is 2.62. The maximum absolute atomic E-state index is 13.3. The molecular weight excluding hydrogens is 215 g/mol. The molecule has 0 spiro atoms. The van der Waals surface area contributed by atoms with Crippen LogP contribution in [0.4, 0.5) is 4.39 Å². The van der Waals surface area contributed by atoms with Gasteiger partial charge in [0.1, 0.15) is 5.82 Å². The summed E-state index contributed by atoms with van der Waals surface area (Å²) in [5.74, 6) is -0.470. The lowest BCUT2D eigenvalue weighted by Crippen LogP contribution is -1.97. The van der Waals surface area contributed by atoms with Crippen LogP contribution in [0.1, 0.15) is 28.4 Å². The lowest BCUT2D eigenvalue weighted by molar-refractivity contribution is 0.101. The van der Waals surface area contributed by atoms with Crippen molar-refractivity contribution >= 4 is 5.78 Å². The van der Waals surface area contributed by atoms with E-state index < -0.39 is 0 Å². The number of Topliss-reactive ketones (excluding diaryl/α,β-unsaturated/α-hetero) is 1. The van der Waals surface area contributed by atoms with Crippen molar-refractivity contribution in [1.29, 1.82) is 0 Å². The minimum Gasteiger partial charge on any atom is -0.295 e. The number of ketones is 1. The average molecular weight is 228 g/mol. The first-order valence-corrected chi connectivity index (χ1v) is 5.49. The second-order valence-corrected chi connectivity index (χ2v) is 4.07. The van der Waals surface area contributed by atoms with Crippen molar-refractivity contribution in [3.8, 4) is 0 Å². The largest absolute Gasteiger partial charge is 0.295 e. The summed E-state index contributed by atoms with van der Waals surface area (Å²) in [5.41, 5.74) is 2.35. The minimum absolute atomic E-state index is 0.112. The molecule has 2 aromatic carbocycles. The summed E-state index contributed by atoms with van der Waals surface area (Å²) in [7, 11) is 0. The van der Waals surface area contributed by atoms with Gasteiger partial charge in [-0.05, 0) is 42.7 Å². The molecule has 2 rings (SSSR count). The van der Waals surface area contributed by atoms with E-state index in [0.29, 0.717) is 12.0 Å². The Morgan fingerprint density at radius 2 is 1.76 bits per heavy atom. The number of carbonyl (C=O) groups is 1. The molecule has 0 fully saturated rings. The van der Waals surface area contributed by atoms with Crippen LogP contribution in [0.25, 0.3) is 0 Å². The van der Waals surface area contributed by atoms with Gasteiger partial charge in [-0.2, -0.15) is 0 Å². The summed E-state index contributed by atoms with van der Waals surface area (Å²) in [4.78, 5) is 11.2. The standard InChI is InChI=1S/C15H13FO/c1-11(17)14-8-13(9-15(16)10-14)7-12-5-3-2-4-6-12/h2-6,8-10H,7H2,1H3. The van der Waals surface area contributed by atoms with Gasteiger partial charge in [0.2, 0.25) is 0 Å². The predicted molar refractivity (Wildman–Crippen MR) is 65.7 cm³/mol. The van der Waals surface area contributed by atoms with Gasteiger partial charge in [-0.3, -0.25) is 4.79 Å². The maximum atomic E-state index is 13.3. The van der Waals surface area contributed by atoms with E-state index in [1.165, 1.54) is 19.1 Å². The smallest absolute Gasteiger partial charge is 0.159 e. The molecule has 0 aliphatic rings. The molecule has 0 N–H and O–H groups in total. The highest BCUT2D eigenvalue weighted by Crippen LogP contribution is 2.14. The molecule has 86 valence electrons. The second-order valence-electron chi connectivity index (χ2n) is 4.07. The zero-order valence-corrected chi connectivity index (χ0v) is 9.61. The molecular formula is C15H13FO. The Kier molecular flexibility index (Phi) is 3.33. The number of carbonyl (C=O) groups excluding carboxylic acids is 1. The second kappa shape index (κ2) is 4.91. The lowest BCUT2D eigenvalue weighted by Gasteiger charge is -2.04. The van der Waals surface area contributed by atoms with Crippen LogP contribution in [0.3, 0.4) is 0 Å². The molecule has 1 nitrogen and oxygen atoms in total. The van der Waals surface area contributed by atoms with Crippen molar-refractivity contribution in [2.45, 2.75) is 13.3 Å². The maximum Gasteiger partial charge on any atom is 0.159 e. The lowest BCUT2D eigenvalue weighted by atomic mass is 10.0. The van der Waals surface area contributed by atoms with Crippen LogP contribution < -0.4 is 0 Å². The molecule has 0 heterocycles. The molecule has 0 aliphatic heterocycles. The highest BCUT2D eigenvalue weighted by Gasteiger charge is 2.05. The SMILES string of the molecule is CC(=O)c1cc(F)cc(Cc2ccccc2)c1. The highest BCUT2D eigenvalue weighted by atomic mass is 19.1. The van der Waals surface area contributed by atoms with Crippen LogP contribution in [0.2, 0.25) is 0 Å². The highest BCUT2D eigenvalue weighted by molar-refractivity contribution is 5.94. The summed E-state index contributed by atoms with van der Waals surface area (Å²) >= 11 is 0. The fourth-order valence-corrected chi connectivity index (χ4v) is 1.79. The van der Waals surface area contributed by atoms with E-state index in [4.69, 9.17) is 0 Å². The number of rotatable bonds is 3. The normalized spacial score (nSPS) is 10.2. The summed E-state index contributed by atoms with van der Waals surface area (Å²) in [6, 6.07) is 14.3. The van der Waals surface area contributed by atoms with Gasteiger partial charge in [-0.15, -0.1) is 0 Å². The van der Waals surface area contributed by atoms with Gasteiger partial charge in [0.25, 0.3) is 0 Å². The number of hydrogen-bond acceptors (Lipinski definition) is 1. The Morgan fingerprint density at radius 3 is 2.41 bits per heavy atom. The third-order valence-electron chi connectivity index (χ3n) is 2.62. The molecule has 17 heavy (non-hydrogen) atoms. The fraction of sp³-hybridized carbons (Fsp3) is 0.133. The summed E-state index contributed by atoms with van der Waals surface area (Å²) < 4.78 is 13.3. The van der Waals surface area contributed by atoms with Crippen LogP contribution in [-0.2, 0) is 6.42 Å². The van der Waals surface area contributed by atoms with Crippen molar-refractivity contribution in [2.24, 2.45) is 0 Å². The van der Waals surface area contributed by atoms with Gasteiger partial charge in [0.05, 0.1) is 0 Å². The predicted octanol–water partition coefficient (Wildman–Crippen LogP) is 3.62. The molecule has 0 atom stereocenters. The van der Waals surface area contributed by atoms with Gasteiger partial charge in [-0.1, -0.05) is 30.3 Å². The molecule has 0 unspecified atom stereocenters. The van der Waals surface area contributed by atoms with Crippen LogP contribution in [-0.4, -0.2) is 5.78 Å². The monoisotopic (exact) mass is 228 g/mol. The van der Waals surface area contributed by atoms with Crippen LogP contribution in [0, 0.1) is 5.82 Å². The van der Waals surface area contributed by atoms with E-state index in [-0.39, 0.29) is 11.6 Å². The first-order chi connectivity index (χ1) is 8.15. The van der Waals surface area contributed by atoms with Gasteiger partial charge in [0.15, 0.2) is 5.78 Å². The van der Waals surface area contributed by atoms with Gasteiger partial charge in [-0.25, -0.2) is 4.39 Å². The first-order valence-electron chi connectivity index (χ1n) is 5.49. The van der Waals surface area contributed by atoms with Crippen molar-refractivity contribution in [1.82, 2.24) is 0 Å². The Balaban J connectivity index is 2.30. The molecule has 2 aromatic rings. The zero-order valence-electron chi connectivity index (χ0n) is 9.61. The Bertz CT molecular complexity index is 532. The molecule has 0 radical (unpaired) electrons. The van der Waals surface area contributed by atoms with E-state index >= 15 is 0 Å². The molecule has 0 aromatic heterocycles. The van der Waals surface area contributed by atoms with Crippen molar-refractivity contribution in [2.75, 3.05) is 0 Å². The van der Waals surface area contributed by atoms with E-state index in [0.717, 1.165) is 11.1 Å². The van der Waals surface area contributed by atoms with Gasteiger partial charge in [0, 0.05) is 5.56 Å². The van der Waals surface area contributed by atoms with Crippen molar-refractivity contribution in [3.63, 3.8) is 0 Å². The summed E-state index contributed by atoms with van der Waals surface area (Å²) in [6.45, 7) is 1.45. The van der Waals surface area contributed by atoms with E-state index in [9.17, 15) is 9.18 Å². The van der Waals surface area contributed by atoms with Crippen molar-refractivity contribution in [3.05, 3.63) is 71.0 Å². The molecule has 0 saturated heterocycles. The molecule has 2 heteroatoms. The topological polar surface area (TPSA) is 17.1 Å². The number of halogens is 1.